The quantitative estimate of drug-likeness (QED) is 0.728. The molecule has 0 saturated carbocycles. The zero-order chi connectivity index (χ0) is 14.9. The van der Waals surface area contributed by atoms with Crippen LogP contribution in [-0.4, -0.2) is 25.5 Å². The molecule has 0 amide bonds. The summed E-state index contributed by atoms with van der Waals surface area (Å²) < 4.78 is 1.85. The smallest absolute Gasteiger partial charge is 0.248 e. The van der Waals surface area contributed by atoms with Crippen molar-refractivity contribution in [2.45, 2.75) is 12.5 Å². The van der Waals surface area contributed by atoms with Gasteiger partial charge in [0.2, 0.25) is 5.95 Å². The molecule has 3 heterocycles. The SMILES string of the molecule is Clc1ccc(C2CC(c3cccnc3)=Nc3ncnn32)cc1. The fourth-order valence-corrected chi connectivity index (χ4v) is 2.77. The fraction of sp³-hybridized carbons (Fsp3) is 0.125. The van der Waals surface area contributed by atoms with Crippen molar-refractivity contribution in [3.63, 3.8) is 0 Å². The Hall–Kier alpha value is -2.53. The van der Waals surface area contributed by atoms with Gasteiger partial charge in [-0.3, -0.25) is 4.98 Å². The Morgan fingerprint density at radius 1 is 1.14 bits per heavy atom. The highest BCUT2D eigenvalue weighted by molar-refractivity contribution is 6.30. The van der Waals surface area contributed by atoms with Crippen molar-refractivity contribution in [2.24, 2.45) is 4.99 Å². The van der Waals surface area contributed by atoms with E-state index >= 15 is 0 Å². The first-order chi connectivity index (χ1) is 10.8. The maximum absolute atomic E-state index is 5.99. The van der Waals surface area contributed by atoms with Crippen molar-refractivity contribution in [3.8, 4) is 0 Å². The summed E-state index contributed by atoms with van der Waals surface area (Å²) in [6.45, 7) is 0. The molecular weight excluding hydrogens is 298 g/mol. The first-order valence-electron chi connectivity index (χ1n) is 6.94. The van der Waals surface area contributed by atoms with Gasteiger partial charge >= 0.3 is 0 Å². The number of hydrogen-bond acceptors (Lipinski definition) is 4. The summed E-state index contributed by atoms with van der Waals surface area (Å²) >= 11 is 5.99. The van der Waals surface area contributed by atoms with Gasteiger partial charge in [0.15, 0.2) is 0 Å². The lowest BCUT2D eigenvalue weighted by Gasteiger charge is -2.23. The minimum absolute atomic E-state index is 0.0578. The topological polar surface area (TPSA) is 56.0 Å². The van der Waals surface area contributed by atoms with Crippen LogP contribution < -0.4 is 0 Å². The third-order valence-corrected chi connectivity index (χ3v) is 3.97. The summed E-state index contributed by atoms with van der Waals surface area (Å²) in [5.74, 6) is 0.616. The van der Waals surface area contributed by atoms with Gasteiger partial charge in [0.05, 0.1) is 11.8 Å². The van der Waals surface area contributed by atoms with Crippen molar-refractivity contribution in [1.29, 1.82) is 0 Å². The molecule has 0 radical (unpaired) electrons. The van der Waals surface area contributed by atoms with E-state index in [0.29, 0.717) is 5.95 Å². The van der Waals surface area contributed by atoms with E-state index in [0.717, 1.165) is 28.3 Å². The number of nitrogens with zero attached hydrogens (tertiary/aromatic N) is 5. The molecule has 5 nitrogen and oxygen atoms in total. The van der Waals surface area contributed by atoms with Gasteiger partial charge in [-0.1, -0.05) is 29.8 Å². The van der Waals surface area contributed by atoms with Crippen LogP contribution in [0.2, 0.25) is 5.02 Å². The van der Waals surface area contributed by atoms with Crippen LogP contribution in [0.4, 0.5) is 5.95 Å². The molecule has 0 N–H and O–H groups in total. The number of pyridine rings is 1. The summed E-state index contributed by atoms with van der Waals surface area (Å²) in [6, 6.07) is 11.8. The predicted octanol–water partition coefficient (Wildman–Crippen LogP) is 3.44. The monoisotopic (exact) mass is 309 g/mol. The van der Waals surface area contributed by atoms with Gasteiger partial charge in [-0.05, 0) is 23.8 Å². The van der Waals surface area contributed by atoms with Crippen molar-refractivity contribution < 1.29 is 0 Å². The number of hydrogen-bond donors (Lipinski definition) is 0. The molecule has 1 atom stereocenters. The minimum Gasteiger partial charge on any atom is -0.264 e. The Kier molecular flexibility index (Phi) is 3.20. The van der Waals surface area contributed by atoms with Gasteiger partial charge in [-0.25, -0.2) is 9.67 Å². The van der Waals surface area contributed by atoms with Crippen LogP contribution >= 0.6 is 11.6 Å². The van der Waals surface area contributed by atoms with Gasteiger partial charge in [-0.2, -0.15) is 10.1 Å². The molecular formula is C16H12ClN5. The summed E-state index contributed by atoms with van der Waals surface area (Å²) in [7, 11) is 0. The molecule has 1 aromatic carbocycles. The van der Waals surface area contributed by atoms with E-state index in [4.69, 9.17) is 11.6 Å². The second kappa shape index (κ2) is 5.35. The predicted molar refractivity (Wildman–Crippen MR) is 84.7 cm³/mol. The molecule has 3 aromatic rings. The van der Waals surface area contributed by atoms with Crippen molar-refractivity contribution in [2.75, 3.05) is 0 Å². The Morgan fingerprint density at radius 3 is 2.77 bits per heavy atom. The number of halogens is 1. The maximum atomic E-state index is 5.99. The van der Waals surface area contributed by atoms with Gasteiger partial charge < -0.3 is 0 Å². The van der Waals surface area contributed by atoms with Crippen LogP contribution in [0.1, 0.15) is 23.6 Å². The normalized spacial score (nSPS) is 17.0. The third-order valence-electron chi connectivity index (χ3n) is 3.72. The molecule has 0 spiro atoms. The number of aromatic nitrogens is 4. The molecule has 6 heteroatoms. The molecule has 108 valence electrons. The lowest BCUT2D eigenvalue weighted by Crippen LogP contribution is -2.21. The second-order valence-corrected chi connectivity index (χ2v) is 5.51. The zero-order valence-corrected chi connectivity index (χ0v) is 12.4. The van der Waals surface area contributed by atoms with E-state index in [1.54, 1.807) is 6.20 Å². The van der Waals surface area contributed by atoms with Crippen LogP contribution in [0.25, 0.3) is 0 Å². The van der Waals surface area contributed by atoms with Gasteiger partial charge in [0, 0.05) is 29.4 Å². The second-order valence-electron chi connectivity index (χ2n) is 5.08. The minimum atomic E-state index is 0.0578. The largest absolute Gasteiger partial charge is 0.264 e. The Morgan fingerprint density at radius 2 is 2.00 bits per heavy atom. The first kappa shape index (κ1) is 13.2. The molecule has 1 aliphatic heterocycles. The van der Waals surface area contributed by atoms with Crippen LogP contribution in [-0.2, 0) is 0 Å². The highest BCUT2D eigenvalue weighted by Crippen LogP contribution is 2.32. The third kappa shape index (κ3) is 2.29. The van der Waals surface area contributed by atoms with Crippen LogP contribution in [0.3, 0.4) is 0 Å². The molecule has 22 heavy (non-hydrogen) atoms. The fourth-order valence-electron chi connectivity index (χ4n) is 2.64. The summed E-state index contributed by atoms with van der Waals surface area (Å²) in [5, 5.41) is 5.04. The van der Waals surface area contributed by atoms with Gasteiger partial charge in [0.1, 0.15) is 6.33 Å². The highest BCUT2D eigenvalue weighted by Gasteiger charge is 2.26. The molecule has 1 unspecified atom stereocenters. The van der Waals surface area contributed by atoms with E-state index in [2.05, 4.69) is 20.1 Å². The average molecular weight is 310 g/mol. The Labute approximate surface area is 132 Å². The molecule has 1 aliphatic rings. The average Bonchev–Trinajstić information content (AvgIpc) is 3.04. The van der Waals surface area contributed by atoms with E-state index in [-0.39, 0.29) is 6.04 Å². The number of benzene rings is 1. The number of aliphatic imine (C=N–C) groups is 1. The standard InChI is InChI=1S/C16H12ClN5/c17-13-5-3-11(4-6-13)15-8-14(12-2-1-7-18-9-12)21-16-19-10-20-22(15)16/h1-7,9-10,15H,8H2. The van der Waals surface area contributed by atoms with E-state index in [1.807, 2.05) is 47.3 Å². The van der Waals surface area contributed by atoms with Gasteiger partial charge in [0.25, 0.3) is 0 Å². The summed E-state index contributed by atoms with van der Waals surface area (Å²) in [6.07, 6.45) is 5.85. The molecule has 2 aromatic heterocycles. The van der Waals surface area contributed by atoms with E-state index in [1.165, 1.54) is 6.33 Å². The van der Waals surface area contributed by atoms with E-state index in [9.17, 15) is 0 Å². The molecule has 0 saturated heterocycles. The van der Waals surface area contributed by atoms with Crippen LogP contribution in [0.15, 0.2) is 60.1 Å². The molecule has 0 bridgehead atoms. The van der Waals surface area contributed by atoms with Crippen molar-refractivity contribution in [1.82, 2.24) is 19.7 Å². The van der Waals surface area contributed by atoms with Crippen LogP contribution in [0.5, 0.6) is 0 Å². The Balaban J connectivity index is 1.79. The maximum Gasteiger partial charge on any atom is 0.248 e. The zero-order valence-electron chi connectivity index (χ0n) is 11.6. The van der Waals surface area contributed by atoms with Crippen LogP contribution in [0, 0.1) is 0 Å². The van der Waals surface area contributed by atoms with Crippen molar-refractivity contribution >= 4 is 23.3 Å². The lowest BCUT2D eigenvalue weighted by atomic mass is 9.97. The summed E-state index contributed by atoms with van der Waals surface area (Å²) in [4.78, 5) is 13.0. The number of fused-ring (bicyclic) bond motifs is 1. The Bertz CT molecular complexity index is 823. The molecule has 0 aliphatic carbocycles. The molecule has 0 fully saturated rings. The van der Waals surface area contributed by atoms with E-state index < -0.39 is 0 Å². The van der Waals surface area contributed by atoms with Gasteiger partial charge in [-0.15, -0.1) is 0 Å². The molecule has 4 rings (SSSR count). The summed E-state index contributed by atoms with van der Waals surface area (Å²) in [5.41, 5.74) is 3.11. The first-order valence-corrected chi connectivity index (χ1v) is 7.32. The highest BCUT2D eigenvalue weighted by atomic mass is 35.5. The lowest BCUT2D eigenvalue weighted by molar-refractivity contribution is 0.531. The number of rotatable bonds is 2. The van der Waals surface area contributed by atoms with Crippen molar-refractivity contribution in [3.05, 3.63) is 71.3 Å².